The lowest BCUT2D eigenvalue weighted by molar-refractivity contribution is -0.136. The highest BCUT2D eigenvalue weighted by Gasteiger charge is 2.23. The van der Waals surface area contributed by atoms with Gasteiger partial charge in [0.15, 0.2) is 0 Å². The van der Waals surface area contributed by atoms with Gasteiger partial charge in [-0.1, -0.05) is 24.3 Å². The number of benzene rings is 2. The highest BCUT2D eigenvalue weighted by molar-refractivity contribution is 5.97. The quantitative estimate of drug-likeness (QED) is 0.824. The molecule has 1 N–H and O–H groups in total. The Morgan fingerprint density at radius 2 is 1.67 bits per heavy atom. The van der Waals surface area contributed by atoms with Crippen molar-refractivity contribution < 1.29 is 14.0 Å². The van der Waals surface area contributed by atoms with E-state index in [1.807, 2.05) is 31.2 Å². The maximum absolute atomic E-state index is 13.0. The van der Waals surface area contributed by atoms with Crippen LogP contribution in [0.25, 0.3) is 0 Å². The predicted molar refractivity (Wildman–Crippen MR) is 103 cm³/mol. The number of hydrogen-bond donors (Lipinski definition) is 1. The van der Waals surface area contributed by atoms with Crippen molar-refractivity contribution in [2.75, 3.05) is 31.1 Å². The van der Waals surface area contributed by atoms with E-state index in [4.69, 9.17) is 0 Å². The zero-order chi connectivity index (χ0) is 19.2. The zero-order valence-electron chi connectivity index (χ0n) is 15.5. The largest absolute Gasteiger partial charge is 0.368 e. The van der Waals surface area contributed by atoms with Gasteiger partial charge in [0.25, 0.3) is 0 Å². The molecule has 1 fully saturated rings. The topological polar surface area (TPSA) is 52.7 Å². The summed E-state index contributed by atoms with van der Waals surface area (Å²) in [6.45, 7) is 4.87. The Morgan fingerprint density at radius 3 is 2.33 bits per heavy atom. The second-order valence-electron chi connectivity index (χ2n) is 6.72. The van der Waals surface area contributed by atoms with E-state index in [0.29, 0.717) is 32.7 Å². The Morgan fingerprint density at radius 1 is 1.00 bits per heavy atom. The van der Waals surface area contributed by atoms with Crippen molar-refractivity contribution in [2.45, 2.75) is 19.9 Å². The van der Waals surface area contributed by atoms with Crippen molar-refractivity contribution in [3.05, 3.63) is 65.5 Å². The van der Waals surface area contributed by atoms with E-state index in [1.54, 1.807) is 17.0 Å². The first-order chi connectivity index (χ1) is 13.0. The number of nitrogens with one attached hydrogen (secondary N) is 1. The van der Waals surface area contributed by atoms with Gasteiger partial charge >= 0.3 is 0 Å². The maximum Gasteiger partial charge on any atom is 0.232 e. The van der Waals surface area contributed by atoms with Crippen LogP contribution < -0.4 is 10.2 Å². The van der Waals surface area contributed by atoms with Gasteiger partial charge < -0.3 is 15.1 Å². The van der Waals surface area contributed by atoms with Gasteiger partial charge in [-0.2, -0.15) is 0 Å². The third kappa shape index (κ3) is 5.06. The van der Waals surface area contributed by atoms with Crippen molar-refractivity contribution in [3.8, 4) is 0 Å². The lowest BCUT2D eigenvalue weighted by Crippen LogP contribution is -2.49. The molecule has 0 atom stereocenters. The normalized spacial score (nSPS) is 14.1. The van der Waals surface area contributed by atoms with Crippen LogP contribution in [0, 0.1) is 12.7 Å². The van der Waals surface area contributed by atoms with Gasteiger partial charge in [0, 0.05) is 38.4 Å². The number of nitrogens with zero attached hydrogens (tertiary/aromatic N) is 2. The first kappa shape index (κ1) is 18.9. The molecule has 3 rings (SSSR count). The van der Waals surface area contributed by atoms with Crippen LogP contribution in [0.15, 0.2) is 48.5 Å². The minimum absolute atomic E-state index is 0.136. The summed E-state index contributed by atoms with van der Waals surface area (Å²) < 4.78 is 13.0. The number of carbonyl (C=O) groups is 2. The summed E-state index contributed by atoms with van der Waals surface area (Å²) in [7, 11) is 0. The van der Waals surface area contributed by atoms with Crippen molar-refractivity contribution >= 4 is 17.5 Å². The zero-order valence-corrected chi connectivity index (χ0v) is 15.5. The second kappa shape index (κ2) is 8.66. The molecule has 0 unspecified atom stereocenters. The summed E-state index contributed by atoms with van der Waals surface area (Å²) in [4.78, 5) is 28.3. The molecule has 27 heavy (non-hydrogen) atoms. The van der Waals surface area contributed by atoms with E-state index in [2.05, 4.69) is 10.2 Å². The highest BCUT2D eigenvalue weighted by atomic mass is 19.1. The molecule has 2 amide bonds. The number of aryl methyl sites for hydroxylation is 1. The molecule has 6 heteroatoms. The van der Waals surface area contributed by atoms with Gasteiger partial charge in [-0.25, -0.2) is 4.39 Å². The van der Waals surface area contributed by atoms with Crippen molar-refractivity contribution in [1.29, 1.82) is 0 Å². The van der Waals surface area contributed by atoms with E-state index in [1.165, 1.54) is 12.1 Å². The summed E-state index contributed by atoms with van der Waals surface area (Å²) in [5, 5.41) is 2.82. The van der Waals surface area contributed by atoms with Gasteiger partial charge in [-0.3, -0.25) is 9.59 Å². The maximum atomic E-state index is 13.0. The van der Waals surface area contributed by atoms with Gasteiger partial charge in [0.05, 0.1) is 0 Å². The van der Waals surface area contributed by atoms with E-state index in [0.717, 1.165) is 16.8 Å². The van der Waals surface area contributed by atoms with E-state index >= 15 is 0 Å². The second-order valence-corrected chi connectivity index (χ2v) is 6.72. The fourth-order valence-electron chi connectivity index (χ4n) is 3.18. The molecule has 1 saturated heterocycles. The molecule has 1 aliphatic rings. The average molecular weight is 369 g/mol. The van der Waals surface area contributed by atoms with Gasteiger partial charge in [0.2, 0.25) is 11.8 Å². The van der Waals surface area contributed by atoms with Crippen LogP contribution in [0.2, 0.25) is 0 Å². The Balaban J connectivity index is 1.44. The molecule has 2 aromatic rings. The van der Waals surface area contributed by atoms with Gasteiger partial charge in [-0.05, 0) is 42.3 Å². The van der Waals surface area contributed by atoms with Crippen LogP contribution >= 0.6 is 0 Å². The summed E-state index contributed by atoms with van der Waals surface area (Å²) in [5.41, 5.74) is 3.10. The third-order valence-corrected chi connectivity index (χ3v) is 4.87. The predicted octanol–water partition coefficient (Wildman–Crippen LogP) is 2.49. The summed E-state index contributed by atoms with van der Waals surface area (Å²) in [6.07, 6.45) is -0.136. The first-order valence-electron chi connectivity index (χ1n) is 9.12. The molecule has 1 heterocycles. The Hall–Kier alpha value is -2.89. The summed E-state index contributed by atoms with van der Waals surface area (Å²) in [5.74, 6) is -0.676. The number of halogens is 1. The van der Waals surface area contributed by atoms with Crippen LogP contribution in [-0.2, 0) is 16.1 Å². The van der Waals surface area contributed by atoms with Crippen LogP contribution in [0.3, 0.4) is 0 Å². The fraction of sp³-hybridized carbons (Fsp3) is 0.333. The molecule has 142 valence electrons. The number of rotatable bonds is 5. The van der Waals surface area contributed by atoms with Crippen LogP contribution in [0.5, 0.6) is 0 Å². The molecule has 0 aliphatic carbocycles. The molecule has 5 nitrogen and oxygen atoms in total. The standard InChI is InChI=1S/C21H24FN3O2/c1-16-4-2-3-5-17(16)15-23-20(26)14-21(27)25-12-10-24(11-13-25)19-8-6-18(22)7-9-19/h2-9H,10-15H2,1H3,(H,23,26). The first-order valence-corrected chi connectivity index (χ1v) is 9.12. The molecule has 0 saturated carbocycles. The Kier molecular flexibility index (Phi) is 6.06. The minimum Gasteiger partial charge on any atom is -0.368 e. The van der Waals surface area contributed by atoms with Gasteiger partial charge in [0.1, 0.15) is 12.2 Å². The lowest BCUT2D eigenvalue weighted by atomic mass is 10.1. The molecule has 0 spiro atoms. The van der Waals surface area contributed by atoms with Crippen molar-refractivity contribution in [2.24, 2.45) is 0 Å². The summed E-state index contributed by atoms with van der Waals surface area (Å²) >= 11 is 0. The Labute approximate surface area is 158 Å². The molecular formula is C21H24FN3O2. The van der Waals surface area contributed by atoms with Crippen molar-refractivity contribution in [1.82, 2.24) is 10.2 Å². The SMILES string of the molecule is Cc1ccccc1CNC(=O)CC(=O)N1CCN(c2ccc(F)cc2)CC1. The Bertz CT molecular complexity index is 799. The van der Waals surface area contributed by atoms with Crippen LogP contribution in [-0.4, -0.2) is 42.9 Å². The molecule has 1 aliphatic heterocycles. The van der Waals surface area contributed by atoms with Crippen molar-refractivity contribution in [3.63, 3.8) is 0 Å². The monoisotopic (exact) mass is 369 g/mol. The highest BCUT2D eigenvalue weighted by Crippen LogP contribution is 2.17. The number of carbonyl (C=O) groups excluding carboxylic acids is 2. The van der Waals surface area contributed by atoms with E-state index < -0.39 is 0 Å². The molecular weight excluding hydrogens is 345 g/mol. The average Bonchev–Trinajstić information content (AvgIpc) is 2.68. The molecule has 0 aromatic heterocycles. The number of anilines is 1. The summed E-state index contributed by atoms with van der Waals surface area (Å²) in [6, 6.07) is 14.2. The van der Waals surface area contributed by atoms with Crippen LogP contribution in [0.1, 0.15) is 17.5 Å². The lowest BCUT2D eigenvalue weighted by Gasteiger charge is -2.36. The smallest absolute Gasteiger partial charge is 0.232 e. The van der Waals surface area contributed by atoms with E-state index in [9.17, 15) is 14.0 Å². The number of hydrogen-bond acceptors (Lipinski definition) is 3. The number of piperazine rings is 1. The third-order valence-electron chi connectivity index (χ3n) is 4.87. The molecule has 0 radical (unpaired) electrons. The fourth-order valence-corrected chi connectivity index (χ4v) is 3.18. The van der Waals surface area contributed by atoms with Crippen LogP contribution in [0.4, 0.5) is 10.1 Å². The minimum atomic E-state index is -0.260. The van der Waals surface area contributed by atoms with Gasteiger partial charge in [-0.15, -0.1) is 0 Å². The number of amides is 2. The van der Waals surface area contributed by atoms with E-state index in [-0.39, 0.29) is 24.1 Å². The molecule has 0 bridgehead atoms. The molecule has 2 aromatic carbocycles.